The molecule has 0 atom stereocenters. The lowest BCUT2D eigenvalue weighted by Crippen LogP contribution is -2.19. The van der Waals surface area contributed by atoms with Gasteiger partial charge in [-0.05, 0) is 52.4 Å². The van der Waals surface area contributed by atoms with Crippen LogP contribution >= 0.6 is 34.4 Å². The average molecular weight is 523 g/mol. The Bertz CT molecular complexity index is 1020. The molecule has 1 N–H and O–H groups in total. The molecular weight excluding hydrogens is 505 g/mol. The van der Waals surface area contributed by atoms with Crippen molar-refractivity contribution in [2.24, 2.45) is 5.10 Å². The Labute approximate surface area is 185 Å². The third-order valence-corrected chi connectivity index (χ3v) is 5.23. The zero-order valence-electron chi connectivity index (χ0n) is 15.6. The maximum Gasteiger partial charge on any atom is 0.257 e. The number of thioether (sulfide) groups is 1. The molecular formula is C20H18IN3O4S. The normalized spacial score (nSPS) is 11.0. The first-order chi connectivity index (χ1) is 14.1. The fraction of sp³-hybridized carbons (Fsp3) is 0.150. The van der Waals surface area contributed by atoms with Crippen LogP contribution in [0.4, 0.5) is 0 Å². The number of hydrogen-bond acceptors (Lipinski definition) is 7. The van der Waals surface area contributed by atoms with Crippen molar-refractivity contribution in [1.29, 1.82) is 0 Å². The highest BCUT2D eigenvalue weighted by molar-refractivity contribution is 14.1. The highest BCUT2D eigenvalue weighted by Crippen LogP contribution is 2.33. The van der Waals surface area contributed by atoms with Crippen molar-refractivity contribution in [3.8, 4) is 11.5 Å². The van der Waals surface area contributed by atoms with Crippen LogP contribution in [-0.4, -0.2) is 36.6 Å². The minimum atomic E-state index is -0.263. The monoisotopic (exact) mass is 523 g/mol. The van der Waals surface area contributed by atoms with Gasteiger partial charge in [0.15, 0.2) is 17.1 Å². The summed E-state index contributed by atoms with van der Waals surface area (Å²) in [5.41, 5.74) is 4.71. The molecule has 0 aliphatic heterocycles. The number of aromatic nitrogens is 1. The van der Waals surface area contributed by atoms with Crippen LogP contribution in [0.25, 0.3) is 11.1 Å². The van der Waals surface area contributed by atoms with Crippen LogP contribution in [0.2, 0.25) is 0 Å². The SMILES string of the molecule is C=CCOc1c(I)cc(/C=N\NC(=O)CSc2nc3ccccc3o2)cc1OC. The number of nitrogens with one attached hydrogen (secondary N) is 1. The Morgan fingerprint density at radius 2 is 2.24 bits per heavy atom. The van der Waals surface area contributed by atoms with E-state index in [0.717, 1.165) is 14.7 Å². The van der Waals surface area contributed by atoms with Crippen molar-refractivity contribution in [1.82, 2.24) is 10.4 Å². The van der Waals surface area contributed by atoms with E-state index < -0.39 is 0 Å². The zero-order chi connectivity index (χ0) is 20.6. The maximum absolute atomic E-state index is 12.0. The number of nitrogens with zero attached hydrogens (tertiary/aromatic N) is 2. The Morgan fingerprint density at radius 1 is 1.41 bits per heavy atom. The molecule has 1 heterocycles. The minimum absolute atomic E-state index is 0.138. The number of carbonyl (C=O) groups is 1. The van der Waals surface area contributed by atoms with Crippen molar-refractivity contribution in [2.45, 2.75) is 5.22 Å². The number of benzene rings is 2. The second-order valence-electron chi connectivity index (χ2n) is 5.66. The van der Waals surface area contributed by atoms with Crippen molar-refractivity contribution < 1.29 is 18.7 Å². The van der Waals surface area contributed by atoms with E-state index in [2.05, 4.69) is 44.7 Å². The number of hydrogen-bond donors (Lipinski definition) is 1. The third-order valence-electron chi connectivity index (χ3n) is 3.60. The van der Waals surface area contributed by atoms with E-state index >= 15 is 0 Å². The van der Waals surface area contributed by atoms with Crippen molar-refractivity contribution >= 4 is 57.6 Å². The van der Waals surface area contributed by atoms with Gasteiger partial charge in [-0.15, -0.1) is 0 Å². The van der Waals surface area contributed by atoms with Crippen LogP contribution in [0.1, 0.15) is 5.56 Å². The summed E-state index contributed by atoms with van der Waals surface area (Å²) in [5, 5.41) is 4.44. The molecule has 0 saturated carbocycles. The molecule has 0 unspecified atom stereocenters. The first kappa shape index (κ1) is 21.2. The first-order valence-corrected chi connectivity index (χ1v) is 10.6. The highest BCUT2D eigenvalue weighted by atomic mass is 127. The van der Waals surface area contributed by atoms with E-state index in [9.17, 15) is 4.79 Å². The summed E-state index contributed by atoms with van der Waals surface area (Å²) in [6.45, 7) is 4.02. The van der Waals surface area contributed by atoms with E-state index in [4.69, 9.17) is 13.9 Å². The van der Waals surface area contributed by atoms with Crippen LogP contribution in [0.5, 0.6) is 11.5 Å². The van der Waals surface area contributed by atoms with Gasteiger partial charge in [-0.1, -0.05) is 36.5 Å². The average Bonchev–Trinajstić information content (AvgIpc) is 3.14. The second-order valence-corrected chi connectivity index (χ2v) is 7.75. The molecule has 0 fully saturated rings. The number of rotatable bonds is 9. The molecule has 0 saturated heterocycles. The van der Waals surface area contributed by atoms with Gasteiger partial charge < -0.3 is 13.9 Å². The Hall–Kier alpha value is -2.53. The molecule has 9 heteroatoms. The number of carbonyl (C=O) groups excluding carboxylic acids is 1. The number of para-hydroxylation sites is 2. The first-order valence-electron chi connectivity index (χ1n) is 8.52. The number of ether oxygens (including phenoxy) is 2. The number of oxazole rings is 1. The van der Waals surface area contributed by atoms with Gasteiger partial charge in [-0.3, -0.25) is 4.79 Å². The number of halogens is 1. The summed E-state index contributed by atoms with van der Waals surface area (Å²) in [5.74, 6) is 1.10. The van der Waals surface area contributed by atoms with Crippen molar-refractivity contribution in [3.63, 3.8) is 0 Å². The van der Waals surface area contributed by atoms with Crippen LogP contribution in [0.15, 0.2) is 63.8 Å². The largest absolute Gasteiger partial charge is 0.493 e. The minimum Gasteiger partial charge on any atom is -0.493 e. The fourth-order valence-corrected chi connectivity index (χ4v) is 3.76. The number of methoxy groups -OCH3 is 1. The molecule has 0 spiro atoms. The topological polar surface area (TPSA) is 86.0 Å². The molecule has 1 aromatic heterocycles. The third kappa shape index (κ3) is 5.73. The molecule has 1 amide bonds. The molecule has 0 aliphatic carbocycles. The summed E-state index contributed by atoms with van der Waals surface area (Å²) >= 11 is 3.37. The summed E-state index contributed by atoms with van der Waals surface area (Å²) in [7, 11) is 1.57. The molecule has 7 nitrogen and oxygen atoms in total. The van der Waals surface area contributed by atoms with Crippen molar-refractivity contribution in [2.75, 3.05) is 19.5 Å². The number of hydrazone groups is 1. The molecule has 2 aromatic carbocycles. The Balaban J connectivity index is 1.56. The second kappa shape index (κ2) is 10.3. The van der Waals surface area contributed by atoms with Crippen LogP contribution in [0.3, 0.4) is 0 Å². The van der Waals surface area contributed by atoms with Crippen LogP contribution in [-0.2, 0) is 4.79 Å². The van der Waals surface area contributed by atoms with Gasteiger partial charge in [0.05, 0.1) is 22.6 Å². The van der Waals surface area contributed by atoms with E-state index in [-0.39, 0.29) is 11.7 Å². The summed E-state index contributed by atoms with van der Waals surface area (Å²) in [6, 6.07) is 11.1. The highest BCUT2D eigenvalue weighted by Gasteiger charge is 2.11. The van der Waals surface area contributed by atoms with Gasteiger partial charge in [0.1, 0.15) is 12.1 Å². The van der Waals surface area contributed by atoms with Gasteiger partial charge in [0, 0.05) is 0 Å². The molecule has 0 bridgehead atoms. The smallest absolute Gasteiger partial charge is 0.257 e. The van der Waals surface area contributed by atoms with E-state index in [1.807, 2.05) is 30.3 Å². The quantitative estimate of drug-likeness (QED) is 0.149. The van der Waals surface area contributed by atoms with Crippen LogP contribution in [0, 0.1) is 3.57 Å². The molecule has 150 valence electrons. The molecule has 3 aromatic rings. The fourth-order valence-electron chi connectivity index (χ4n) is 2.35. The predicted molar refractivity (Wildman–Crippen MR) is 122 cm³/mol. The standard InChI is InChI=1S/C20H18IN3O4S/c1-3-8-27-19-14(21)9-13(10-17(19)26-2)11-22-24-18(25)12-29-20-23-15-6-4-5-7-16(15)28-20/h3-7,9-11H,1,8,12H2,2H3,(H,24,25)/b22-11-. The number of fused-ring (bicyclic) bond motifs is 1. The predicted octanol–water partition coefficient (Wildman–Crippen LogP) is 4.25. The molecule has 0 radical (unpaired) electrons. The van der Waals surface area contributed by atoms with Crippen molar-refractivity contribution in [3.05, 3.63) is 58.2 Å². The van der Waals surface area contributed by atoms with Gasteiger partial charge in [-0.2, -0.15) is 5.10 Å². The van der Waals surface area contributed by atoms with Gasteiger partial charge in [0.25, 0.3) is 11.1 Å². The summed E-state index contributed by atoms with van der Waals surface area (Å²) < 4.78 is 17.4. The van der Waals surface area contributed by atoms with Gasteiger partial charge in [0.2, 0.25) is 0 Å². The number of amides is 1. The van der Waals surface area contributed by atoms with E-state index in [1.54, 1.807) is 25.5 Å². The zero-order valence-corrected chi connectivity index (χ0v) is 18.5. The molecule has 0 aliphatic rings. The Kier molecular flexibility index (Phi) is 7.53. The lowest BCUT2D eigenvalue weighted by Gasteiger charge is -2.12. The summed E-state index contributed by atoms with van der Waals surface area (Å²) in [4.78, 5) is 16.3. The van der Waals surface area contributed by atoms with E-state index in [0.29, 0.717) is 28.9 Å². The van der Waals surface area contributed by atoms with Gasteiger partial charge in [-0.25, -0.2) is 10.4 Å². The summed E-state index contributed by atoms with van der Waals surface area (Å²) in [6.07, 6.45) is 3.21. The molecule has 3 rings (SSSR count). The molecule has 29 heavy (non-hydrogen) atoms. The lowest BCUT2D eigenvalue weighted by molar-refractivity contribution is -0.118. The lowest BCUT2D eigenvalue weighted by atomic mass is 10.2. The van der Waals surface area contributed by atoms with E-state index in [1.165, 1.54) is 11.8 Å². The van der Waals surface area contributed by atoms with Gasteiger partial charge >= 0.3 is 0 Å². The Morgan fingerprint density at radius 3 is 3.00 bits per heavy atom. The van der Waals surface area contributed by atoms with Crippen LogP contribution < -0.4 is 14.9 Å². The maximum atomic E-state index is 12.0.